The van der Waals surface area contributed by atoms with Gasteiger partial charge in [-0.1, -0.05) is 36.4 Å². The number of fused-ring (bicyclic) bond motifs is 1. The Balaban J connectivity index is 1.53. The lowest BCUT2D eigenvalue weighted by Gasteiger charge is -2.16. The number of hydrogen-bond acceptors (Lipinski definition) is 5. The predicted octanol–water partition coefficient (Wildman–Crippen LogP) is 5.30. The van der Waals surface area contributed by atoms with Gasteiger partial charge in [0.1, 0.15) is 5.52 Å². The summed E-state index contributed by atoms with van der Waals surface area (Å²) in [4.78, 5) is 29.9. The van der Waals surface area contributed by atoms with Crippen LogP contribution in [0.1, 0.15) is 28.4 Å². The standard InChI is InChI=1S/C25H22N2O4/c1-15-9-8-13-20(16(15)2)26-23(28)17(3)30-25(29)19-11-5-4-10-18(19)24-27-21-12-6-7-14-22(21)31-24/h4-14,17H,1-3H3,(H,26,28). The molecule has 1 aromatic heterocycles. The van der Waals surface area contributed by atoms with E-state index in [9.17, 15) is 9.59 Å². The summed E-state index contributed by atoms with van der Waals surface area (Å²) in [6, 6.07) is 19.9. The highest BCUT2D eigenvalue weighted by Gasteiger charge is 2.23. The van der Waals surface area contributed by atoms with E-state index in [1.807, 2.05) is 56.3 Å². The highest BCUT2D eigenvalue weighted by molar-refractivity contribution is 6.00. The van der Waals surface area contributed by atoms with Crippen LogP contribution in [0.25, 0.3) is 22.6 Å². The normalized spacial score (nSPS) is 11.8. The summed E-state index contributed by atoms with van der Waals surface area (Å²) in [5.41, 5.74) is 4.83. The summed E-state index contributed by atoms with van der Waals surface area (Å²) >= 11 is 0. The fourth-order valence-electron chi connectivity index (χ4n) is 3.23. The second-order valence-electron chi connectivity index (χ2n) is 7.32. The minimum atomic E-state index is -0.982. The molecule has 0 bridgehead atoms. The summed E-state index contributed by atoms with van der Waals surface area (Å²) in [5.74, 6) is -0.705. The maximum Gasteiger partial charge on any atom is 0.339 e. The van der Waals surface area contributed by atoms with Crippen molar-refractivity contribution in [3.05, 3.63) is 83.4 Å². The molecule has 3 aromatic carbocycles. The number of aromatic nitrogens is 1. The number of amides is 1. The molecule has 0 saturated carbocycles. The van der Waals surface area contributed by atoms with E-state index >= 15 is 0 Å². The van der Waals surface area contributed by atoms with Crippen LogP contribution in [0.5, 0.6) is 0 Å². The van der Waals surface area contributed by atoms with E-state index in [2.05, 4.69) is 10.3 Å². The average molecular weight is 414 g/mol. The topological polar surface area (TPSA) is 81.4 Å². The van der Waals surface area contributed by atoms with Crippen LogP contribution in [0.4, 0.5) is 5.69 Å². The first kappa shape index (κ1) is 20.3. The minimum absolute atomic E-state index is 0.278. The molecule has 0 saturated heterocycles. The molecule has 1 heterocycles. The van der Waals surface area contributed by atoms with Gasteiger partial charge >= 0.3 is 5.97 Å². The molecule has 31 heavy (non-hydrogen) atoms. The van der Waals surface area contributed by atoms with E-state index in [0.29, 0.717) is 28.2 Å². The third-order valence-corrected chi connectivity index (χ3v) is 5.19. The molecule has 4 rings (SSSR count). The molecule has 0 fully saturated rings. The number of nitrogens with one attached hydrogen (secondary N) is 1. The van der Waals surface area contributed by atoms with Gasteiger partial charge in [-0.2, -0.15) is 0 Å². The van der Waals surface area contributed by atoms with Gasteiger partial charge in [0.15, 0.2) is 11.7 Å². The van der Waals surface area contributed by atoms with E-state index in [4.69, 9.17) is 9.15 Å². The van der Waals surface area contributed by atoms with Crippen LogP contribution < -0.4 is 5.32 Å². The van der Waals surface area contributed by atoms with Crippen molar-refractivity contribution in [1.82, 2.24) is 4.98 Å². The van der Waals surface area contributed by atoms with Crippen molar-refractivity contribution in [3.8, 4) is 11.5 Å². The van der Waals surface area contributed by atoms with Crippen molar-refractivity contribution in [1.29, 1.82) is 0 Å². The Bertz CT molecular complexity index is 1240. The number of carbonyl (C=O) groups excluding carboxylic acids is 2. The van der Waals surface area contributed by atoms with E-state index in [1.165, 1.54) is 0 Å². The Kier molecular flexibility index (Phi) is 5.54. The Morgan fingerprint density at radius 2 is 1.71 bits per heavy atom. The number of oxazole rings is 1. The van der Waals surface area contributed by atoms with Gasteiger partial charge in [0, 0.05) is 5.69 Å². The molecular weight excluding hydrogens is 392 g/mol. The monoisotopic (exact) mass is 414 g/mol. The number of aryl methyl sites for hydroxylation is 1. The van der Waals surface area contributed by atoms with Gasteiger partial charge in [-0.25, -0.2) is 9.78 Å². The first-order valence-corrected chi connectivity index (χ1v) is 9.97. The van der Waals surface area contributed by atoms with E-state index in [1.54, 1.807) is 31.2 Å². The lowest BCUT2D eigenvalue weighted by atomic mass is 10.1. The molecule has 0 spiro atoms. The second kappa shape index (κ2) is 8.44. The molecule has 1 atom stereocenters. The van der Waals surface area contributed by atoms with Gasteiger partial charge in [-0.3, -0.25) is 4.79 Å². The SMILES string of the molecule is Cc1cccc(NC(=O)C(C)OC(=O)c2ccccc2-c2nc3ccccc3o2)c1C. The number of nitrogens with zero attached hydrogens (tertiary/aromatic N) is 1. The largest absolute Gasteiger partial charge is 0.449 e. The molecular formula is C25H22N2O4. The van der Waals surface area contributed by atoms with Crippen molar-refractivity contribution in [2.75, 3.05) is 5.32 Å². The molecule has 6 nitrogen and oxygen atoms in total. The summed E-state index contributed by atoms with van der Waals surface area (Å²) in [6.07, 6.45) is -0.982. The number of para-hydroxylation sites is 2. The zero-order chi connectivity index (χ0) is 22.0. The summed E-state index contributed by atoms with van der Waals surface area (Å²) in [5, 5.41) is 2.82. The van der Waals surface area contributed by atoms with Gasteiger partial charge in [-0.15, -0.1) is 0 Å². The molecule has 0 aliphatic heterocycles. The Morgan fingerprint density at radius 3 is 2.52 bits per heavy atom. The van der Waals surface area contributed by atoms with Gasteiger partial charge in [0.2, 0.25) is 5.89 Å². The van der Waals surface area contributed by atoms with Crippen molar-refractivity contribution in [2.24, 2.45) is 0 Å². The number of hydrogen-bond donors (Lipinski definition) is 1. The number of esters is 1. The maximum atomic E-state index is 12.9. The molecule has 0 aliphatic carbocycles. The first-order chi connectivity index (χ1) is 14.9. The van der Waals surface area contributed by atoms with Crippen LogP contribution in [0.2, 0.25) is 0 Å². The summed E-state index contributed by atoms with van der Waals surface area (Å²) in [6.45, 7) is 5.44. The fourth-order valence-corrected chi connectivity index (χ4v) is 3.23. The third-order valence-electron chi connectivity index (χ3n) is 5.19. The lowest BCUT2D eigenvalue weighted by molar-refractivity contribution is -0.123. The molecule has 1 N–H and O–H groups in total. The van der Waals surface area contributed by atoms with Gasteiger partial charge in [-0.05, 0) is 62.2 Å². The van der Waals surface area contributed by atoms with E-state index < -0.39 is 18.0 Å². The Labute approximate surface area is 179 Å². The smallest absolute Gasteiger partial charge is 0.339 e. The second-order valence-corrected chi connectivity index (χ2v) is 7.32. The number of carbonyl (C=O) groups is 2. The van der Waals surface area contributed by atoms with Crippen LogP contribution >= 0.6 is 0 Å². The molecule has 1 amide bonds. The van der Waals surface area contributed by atoms with Crippen molar-refractivity contribution in [2.45, 2.75) is 26.9 Å². The highest BCUT2D eigenvalue weighted by Crippen LogP contribution is 2.27. The third kappa shape index (κ3) is 4.19. The van der Waals surface area contributed by atoms with Gasteiger partial charge < -0.3 is 14.5 Å². The van der Waals surface area contributed by atoms with Crippen molar-refractivity contribution in [3.63, 3.8) is 0 Å². The van der Waals surface area contributed by atoms with Crippen molar-refractivity contribution < 1.29 is 18.7 Å². The molecule has 6 heteroatoms. The first-order valence-electron chi connectivity index (χ1n) is 9.97. The molecule has 156 valence electrons. The zero-order valence-electron chi connectivity index (χ0n) is 17.5. The number of anilines is 1. The fraction of sp³-hybridized carbons (Fsp3) is 0.160. The van der Waals surface area contributed by atoms with Crippen LogP contribution in [0.15, 0.2) is 71.1 Å². The molecule has 1 unspecified atom stereocenters. The Hall–Kier alpha value is -3.93. The average Bonchev–Trinajstić information content (AvgIpc) is 3.21. The number of benzene rings is 3. The van der Waals surface area contributed by atoms with Crippen LogP contribution in [0.3, 0.4) is 0 Å². The Morgan fingerprint density at radius 1 is 0.968 bits per heavy atom. The van der Waals surface area contributed by atoms with E-state index in [0.717, 1.165) is 11.1 Å². The summed E-state index contributed by atoms with van der Waals surface area (Å²) in [7, 11) is 0. The molecule has 0 aliphatic rings. The van der Waals surface area contributed by atoms with Crippen LogP contribution in [0, 0.1) is 13.8 Å². The number of ether oxygens (including phenoxy) is 1. The van der Waals surface area contributed by atoms with Crippen LogP contribution in [-0.4, -0.2) is 23.0 Å². The van der Waals surface area contributed by atoms with Gasteiger partial charge in [0.05, 0.1) is 11.1 Å². The van der Waals surface area contributed by atoms with E-state index in [-0.39, 0.29) is 5.56 Å². The quantitative estimate of drug-likeness (QED) is 0.449. The van der Waals surface area contributed by atoms with Gasteiger partial charge in [0.25, 0.3) is 5.91 Å². The van der Waals surface area contributed by atoms with Crippen molar-refractivity contribution >= 4 is 28.7 Å². The minimum Gasteiger partial charge on any atom is -0.449 e. The lowest BCUT2D eigenvalue weighted by Crippen LogP contribution is -2.30. The molecule has 0 radical (unpaired) electrons. The summed E-state index contributed by atoms with van der Waals surface area (Å²) < 4.78 is 11.3. The maximum absolute atomic E-state index is 12.9. The highest BCUT2D eigenvalue weighted by atomic mass is 16.5. The molecule has 4 aromatic rings. The predicted molar refractivity (Wildman–Crippen MR) is 119 cm³/mol. The number of rotatable bonds is 5. The van der Waals surface area contributed by atoms with Crippen LogP contribution in [-0.2, 0) is 9.53 Å². The zero-order valence-corrected chi connectivity index (χ0v) is 17.5.